The third kappa shape index (κ3) is 5.96. The second kappa shape index (κ2) is 11.9. The van der Waals surface area contributed by atoms with Crippen molar-refractivity contribution >= 4 is 23.6 Å². The fraction of sp³-hybridized carbons (Fsp3) is 0.462. The minimum Gasteiger partial charge on any atom is -0.396 e. The van der Waals surface area contributed by atoms with Crippen molar-refractivity contribution in [1.29, 1.82) is 0 Å². The van der Waals surface area contributed by atoms with Gasteiger partial charge in [-0.15, -0.1) is 0 Å². The van der Waals surface area contributed by atoms with E-state index in [9.17, 15) is 18.4 Å². The number of halogens is 2. The van der Waals surface area contributed by atoms with E-state index in [4.69, 9.17) is 5.11 Å². The van der Waals surface area contributed by atoms with E-state index in [2.05, 4.69) is 11.0 Å². The Labute approximate surface area is 194 Å². The average molecular weight is 459 g/mol. The number of fused-ring (bicyclic) bond motifs is 1. The quantitative estimate of drug-likeness (QED) is 0.403. The minimum atomic E-state index is -1.17. The van der Waals surface area contributed by atoms with E-state index in [-0.39, 0.29) is 26.0 Å². The van der Waals surface area contributed by atoms with Crippen molar-refractivity contribution in [3.05, 3.63) is 58.4 Å². The Bertz CT molecular complexity index is 980. The molecule has 3 rings (SSSR count). The molecule has 0 saturated heterocycles. The molecule has 1 aliphatic rings. The van der Waals surface area contributed by atoms with Crippen LogP contribution < -0.4 is 9.80 Å². The monoisotopic (exact) mass is 458 g/mol. The SMILES string of the molecule is Cc1c(CN(C(=O)CF)c2ccc(CCC=O)c(F)c2)ccc2c1N(CCCCO)CCC2. The summed E-state index contributed by atoms with van der Waals surface area (Å²) in [5.41, 5.74) is 5.01. The standard InChI is InChI=1S/C26H32F2N2O3/c1-19-22(9-8-21-6-4-13-29(26(19)21)12-2-3-14-31)18-30(25(33)17-27)23-11-10-20(7-5-15-32)24(28)16-23/h8-11,15-16,31H,2-7,12-14,17-18H2,1H3. The normalized spacial score (nSPS) is 13.0. The van der Waals surface area contributed by atoms with Gasteiger partial charge in [-0.3, -0.25) is 4.79 Å². The molecule has 5 nitrogen and oxygen atoms in total. The summed E-state index contributed by atoms with van der Waals surface area (Å²) >= 11 is 0. The number of carbonyl (C=O) groups is 2. The largest absolute Gasteiger partial charge is 0.396 e. The second-order valence-electron chi connectivity index (χ2n) is 8.47. The summed E-state index contributed by atoms with van der Waals surface area (Å²) in [7, 11) is 0. The second-order valence-corrected chi connectivity index (χ2v) is 8.47. The molecule has 1 aliphatic heterocycles. The van der Waals surface area contributed by atoms with Gasteiger partial charge in [0.05, 0.1) is 6.54 Å². The zero-order chi connectivity index (χ0) is 23.8. The molecule has 0 atom stereocenters. The van der Waals surface area contributed by atoms with Crippen molar-refractivity contribution in [2.24, 2.45) is 0 Å². The fourth-order valence-electron chi connectivity index (χ4n) is 4.51. The number of unbranched alkanes of at least 4 members (excludes halogenated alkanes) is 1. The molecule has 0 radical (unpaired) electrons. The zero-order valence-electron chi connectivity index (χ0n) is 19.2. The molecule has 7 heteroatoms. The molecule has 0 aromatic heterocycles. The highest BCUT2D eigenvalue weighted by molar-refractivity contribution is 5.94. The van der Waals surface area contributed by atoms with Crippen molar-refractivity contribution in [2.75, 3.05) is 36.2 Å². The van der Waals surface area contributed by atoms with Gasteiger partial charge in [-0.25, -0.2) is 8.78 Å². The lowest BCUT2D eigenvalue weighted by Crippen LogP contribution is -2.34. The molecule has 0 spiro atoms. The summed E-state index contributed by atoms with van der Waals surface area (Å²) < 4.78 is 28.0. The van der Waals surface area contributed by atoms with E-state index in [0.717, 1.165) is 61.9 Å². The third-order valence-corrected chi connectivity index (χ3v) is 6.28. The smallest absolute Gasteiger partial charge is 0.258 e. The number of benzene rings is 2. The van der Waals surface area contributed by atoms with Crippen LogP contribution in [0.15, 0.2) is 30.3 Å². The number of hydrogen-bond acceptors (Lipinski definition) is 4. The molecule has 1 N–H and O–H groups in total. The third-order valence-electron chi connectivity index (χ3n) is 6.28. The molecule has 2 aromatic rings. The molecule has 33 heavy (non-hydrogen) atoms. The van der Waals surface area contributed by atoms with Crippen molar-refractivity contribution < 1.29 is 23.5 Å². The van der Waals surface area contributed by atoms with Gasteiger partial charge < -0.3 is 19.7 Å². The number of amides is 1. The number of nitrogens with zero attached hydrogens (tertiary/aromatic N) is 2. The van der Waals surface area contributed by atoms with Gasteiger partial charge in [0.1, 0.15) is 12.1 Å². The van der Waals surface area contributed by atoms with Gasteiger partial charge in [-0.1, -0.05) is 18.2 Å². The van der Waals surface area contributed by atoms with E-state index in [1.807, 2.05) is 13.0 Å². The van der Waals surface area contributed by atoms with Crippen molar-refractivity contribution in [3.8, 4) is 0 Å². The van der Waals surface area contributed by atoms with Gasteiger partial charge in [-0.2, -0.15) is 0 Å². The summed E-state index contributed by atoms with van der Waals surface area (Å²) in [5, 5.41) is 9.12. The summed E-state index contributed by atoms with van der Waals surface area (Å²) in [5.74, 6) is -1.24. The first-order chi connectivity index (χ1) is 16.0. The number of rotatable bonds is 11. The van der Waals surface area contributed by atoms with Crippen molar-refractivity contribution in [3.63, 3.8) is 0 Å². The minimum absolute atomic E-state index is 0.138. The van der Waals surface area contributed by atoms with Crippen LogP contribution in [0.3, 0.4) is 0 Å². The van der Waals surface area contributed by atoms with Crippen LogP contribution in [0.4, 0.5) is 20.2 Å². The fourth-order valence-corrected chi connectivity index (χ4v) is 4.51. The molecule has 1 heterocycles. The van der Waals surface area contributed by atoms with Crippen LogP contribution >= 0.6 is 0 Å². The summed E-state index contributed by atoms with van der Waals surface area (Å²) in [4.78, 5) is 26.7. The Morgan fingerprint density at radius 1 is 1.21 bits per heavy atom. The maximum absolute atomic E-state index is 14.6. The lowest BCUT2D eigenvalue weighted by atomic mass is 9.94. The first kappa shape index (κ1) is 24.8. The molecule has 0 unspecified atom stereocenters. The lowest BCUT2D eigenvalue weighted by Gasteiger charge is -2.34. The predicted octanol–water partition coefficient (Wildman–Crippen LogP) is 4.29. The van der Waals surface area contributed by atoms with Crippen LogP contribution in [0, 0.1) is 12.7 Å². The van der Waals surface area contributed by atoms with Gasteiger partial charge in [-0.05, 0) is 73.4 Å². The van der Waals surface area contributed by atoms with E-state index in [1.54, 1.807) is 12.1 Å². The number of anilines is 2. The Morgan fingerprint density at radius 2 is 2.00 bits per heavy atom. The number of carbonyl (C=O) groups excluding carboxylic acids is 2. The first-order valence-electron chi connectivity index (χ1n) is 11.6. The van der Waals surface area contributed by atoms with Crippen LogP contribution in [-0.2, 0) is 29.0 Å². The summed E-state index contributed by atoms with van der Waals surface area (Å²) in [6.45, 7) is 2.93. The lowest BCUT2D eigenvalue weighted by molar-refractivity contribution is -0.119. The van der Waals surface area contributed by atoms with Crippen LogP contribution in [0.25, 0.3) is 0 Å². The molecule has 0 bridgehead atoms. The molecular formula is C26H32F2N2O3. The highest BCUT2D eigenvalue weighted by Gasteiger charge is 2.23. The van der Waals surface area contributed by atoms with Gasteiger partial charge in [0.2, 0.25) is 0 Å². The number of hydrogen-bond donors (Lipinski definition) is 1. The number of aliphatic hydroxyl groups is 1. The molecule has 2 aromatic carbocycles. The summed E-state index contributed by atoms with van der Waals surface area (Å²) in [6.07, 6.45) is 4.91. The molecule has 1 amide bonds. The number of aryl methyl sites for hydroxylation is 2. The van der Waals surface area contributed by atoms with Crippen LogP contribution in [0.2, 0.25) is 0 Å². The van der Waals surface area contributed by atoms with Gasteiger partial charge >= 0.3 is 0 Å². The molecule has 0 aliphatic carbocycles. The Hall–Kier alpha value is -2.80. The van der Waals surface area contributed by atoms with Gasteiger partial charge in [0, 0.05) is 37.5 Å². The van der Waals surface area contributed by atoms with Crippen LogP contribution in [-0.4, -0.2) is 43.7 Å². The highest BCUT2D eigenvalue weighted by atomic mass is 19.1. The van der Waals surface area contributed by atoms with Crippen molar-refractivity contribution in [2.45, 2.75) is 52.0 Å². The number of alkyl halides is 1. The Balaban J connectivity index is 1.90. The van der Waals surface area contributed by atoms with E-state index in [0.29, 0.717) is 11.3 Å². The first-order valence-corrected chi connectivity index (χ1v) is 11.6. The molecule has 178 valence electrons. The Kier molecular flexibility index (Phi) is 8.95. The maximum Gasteiger partial charge on any atom is 0.258 e. The number of aldehydes is 1. The number of aliphatic hydroxyl groups excluding tert-OH is 1. The predicted molar refractivity (Wildman–Crippen MR) is 126 cm³/mol. The van der Waals surface area contributed by atoms with Gasteiger partial charge in [0.15, 0.2) is 6.67 Å². The van der Waals surface area contributed by atoms with Gasteiger partial charge in [0.25, 0.3) is 5.91 Å². The van der Waals surface area contributed by atoms with Crippen LogP contribution in [0.1, 0.15) is 47.9 Å². The van der Waals surface area contributed by atoms with E-state index in [1.165, 1.54) is 16.5 Å². The Morgan fingerprint density at radius 3 is 2.70 bits per heavy atom. The molecule has 0 fully saturated rings. The topological polar surface area (TPSA) is 60.9 Å². The van der Waals surface area contributed by atoms with E-state index >= 15 is 0 Å². The molecular weight excluding hydrogens is 426 g/mol. The summed E-state index contributed by atoms with van der Waals surface area (Å²) in [6, 6.07) is 8.43. The molecule has 0 saturated carbocycles. The van der Waals surface area contributed by atoms with Crippen LogP contribution in [0.5, 0.6) is 0 Å². The zero-order valence-corrected chi connectivity index (χ0v) is 19.2. The average Bonchev–Trinajstić information content (AvgIpc) is 2.82. The highest BCUT2D eigenvalue weighted by Crippen LogP contribution is 2.34. The van der Waals surface area contributed by atoms with Crippen molar-refractivity contribution in [1.82, 2.24) is 0 Å². The maximum atomic E-state index is 14.6. The van der Waals surface area contributed by atoms with E-state index < -0.39 is 18.4 Å².